The van der Waals surface area contributed by atoms with Crippen LogP contribution in [0.1, 0.15) is 29.9 Å². The molecule has 0 aliphatic rings. The number of rotatable bonds is 7. The van der Waals surface area contributed by atoms with Crippen LogP contribution in [-0.2, 0) is 4.79 Å². The number of amides is 1. The maximum absolute atomic E-state index is 12.1. The van der Waals surface area contributed by atoms with Gasteiger partial charge in [0.15, 0.2) is 0 Å². The fourth-order valence-corrected chi connectivity index (χ4v) is 2.99. The molecule has 0 aliphatic heterocycles. The highest BCUT2D eigenvalue weighted by Crippen LogP contribution is 2.15. The molecule has 1 amide bonds. The molecule has 0 radical (unpaired) electrons. The number of hydrogen-bond donors (Lipinski definition) is 2. The lowest BCUT2D eigenvalue weighted by Gasteiger charge is -2.13. The molecule has 2 N–H and O–H groups in total. The molecular formula is C20H20N4OS. The lowest BCUT2D eigenvalue weighted by atomic mass is 10.1. The van der Waals surface area contributed by atoms with Crippen LogP contribution in [0.15, 0.2) is 65.8 Å². The van der Waals surface area contributed by atoms with Crippen LogP contribution in [-0.4, -0.2) is 26.8 Å². The third-order valence-corrected chi connectivity index (χ3v) is 4.57. The van der Waals surface area contributed by atoms with Crippen molar-refractivity contribution in [3.8, 4) is 0 Å². The molecule has 0 aliphatic carbocycles. The predicted molar refractivity (Wildman–Crippen MR) is 105 cm³/mol. The highest BCUT2D eigenvalue weighted by atomic mass is 32.2. The Kier molecular flexibility index (Phi) is 6.22. The van der Waals surface area contributed by atoms with Gasteiger partial charge in [-0.1, -0.05) is 78.5 Å². The molecule has 3 aromatic rings. The molecule has 1 unspecified atom stereocenters. The molecule has 26 heavy (non-hydrogen) atoms. The van der Waals surface area contributed by atoms with E-state index in [4.69, 9.17) is 0 Å². The quantitative estimate of drug-likeness (QED) is 0.623. The van der Waals surface area contributed by atoms with Crippen molar-refractivity contribution in [1.29, 1.82) is 0 Å². The average Bonchev–Trinajstić information content (AvgIpc) is 3.14. The molecule has 1 heterocycles. The summed E-state index contributed by atoms with van der Waals surface area (Å²) < 4.78 is 0. The van der Waals surface area contributed by atoms with Crippen LogP contribution in [0.5, 0.6) is 0 Å². The Balaban J connectivity index is 1.48. The van der Waals surface area contributed by atoms with Gasteiger partial charge < -0.3 is 5.32 Å². The number of carbonyl (C=O) groups is 1. The van der Waals surface area contributed by atoms with Crippen molar-refractivity contribution in [1.82, 2.24) is 20.5 Å². The number of H-pyrrole nitrogens is 1. The topological polar surface area (TPSA) is 70.7 Å². The minimum atomic E-state index is -0.0440. The van der Waals surface area contributed by atoms with Crippen molar-refractivity contribution < 1.29 is 4.79 Å². The lowest BCUT2D eigenvalue weighted by Crippen LogP contribution is -2.28. The second-order valence-corrected chi connectivity index (χ2v) is 6.68. The van der Waals surface area contributed by atoms with E-state index in [0.717, 1.165) is 11.1 Å². The molecule has 0 bridgehead atoms. The van der Waals surface area contributed by atoms with Gasteiger partial charge in [0.05, 0.1) is 11.8 Å². The predicted octanol–water partition coefficient (Wildman–Crippen LogP) is 3.94. The Hall–Kier alpha value is -2.86. The maximum atomic E-state index is 12.1. The summed E-state index contributed by atoms with van der Waals surface area (Å²) in [6.07, 6.45) is 3.83. The normalized spacial score (nSPS) is 12.2. The first kappa shape index (κ1) is 17.9. The number of carbonyl (C=O) groups excluding carboxylic acids is 1. The average molecular weight is 364 g/mol. The summed E-state index contributed by atoms with van der Waals surface area (Å²) in [4.78, 5) is 16.5. The Morgan fingerprint density at radius 1 is 1.12 bits per heavy atom. The zero-order valence-corrected chi connectivity index (χ0v) is 15.2. The van der Waals surface area contributed by atoms with E-state index in [1.807, 2.05) is 79.7 Å². The third-order valence-electron chi connectivity index (χ3n) is 3.72. The van der Waals surface area contributed by atoms with Crippen molar-refractivity contribution in [2.75, 3.05) is 5.75 Å². The van der Waals surface area contributed by atoms with Crippen molar-refractivity contribution in [2.24, 2.45) is 0 Å². The number of hydrogen-bond acceptors (Lipinski definition) is 4. The highest BCUT2D eigenvalue weighted by Gasteiger charge is 2.11. The van der Waals surface area contributed by atoms with Gasteiger partial charge >= 0.3 is 0 Å². The van der Waals surface area contributed by atoms with Crippen LogP contribution in [0.25, 0.3) is 12.2 Å². The van der Waals surface area contributed by atoms with Crippen molar-refractivity contribution in [2.45, 2.75) is 18.1 Å². The Morgan fingerprint density at radius 3 is 2.54 bits per heavy atom. The minimum Gasteiger partial charge on any atom is -0.349 e. The second-order valence-electron chi connectivity index (χ2n) is 5.74. The van der Waals surface area contributed by atoms with Crippen LogP contribution in [0.4, 0.5) is 0 Å². The Labute approximate surface area is 156 Å². The first-order valence-electron chi connectivity index (χ1n) is 8.33. The van der Waals surface area contributed by atoms with Crippen molar-refractivity contribution in [3.63, 3.8) is 0 Å². The molecule has 3 rings (SSSR count). The van der Waals surface area contributed by atoms with Crippen LogP contribution in [0, 0.1) is 0 Å². The largest absolute Gasteiger partial charge is 0.349 e. The number of nitrogens with one attached hydrogen (secondary N) is 2. The zero-order valence-electron chi connectivity index (χ0n) is 14.4. The van der Waals surface area contributed by atoms with Crippen molar-refractivity contribution >= 4 is 29.8 Å². The number of aromatic nitrogens is 3. The van der Waals surface area contributed by atoms with Gasteiger partial charge in [0, 0.05) is 0 Å². The summed E-state index contributed by atoms with van der Waals surface area (Å²) in [6.45, 7) is 1.97. The van der Waals surface area contributed by atoms with Gasteiger partial charge in [0.2, 0.25) is 11.1 Å². The second kappa shape index (κ2) is 9.01. The molecule has 1 atom stereocenters. The monoisotopic (exact) mass is 364 g/mol. The summed E-state index contributed by atoms with van der Waals surface area (Å²) in [6, 6.07) is 19.8. The molecule has 0 saturated carbocycles. The van der Waals surface area contributed by atoms with E-state index in [9.17, 15) is 4.79 Å². The van der Waals surface area contributed by atoms with Gasteiger partial charge in [-0.25, -0.2) is 4.98 Å². The van der Waals surface area contributed by atoms with E-state index in [0.29, 0.717) is 11.0 Å². The fourth-order valence-electron chi connectivity index (χ4n) is 2.37. The number of benzene rings is 2. The highest BCUT2D eigenvalue weighted by molar-refractivity contribution is 7.99. The standard InChI is InChI=1S/C20H20N4OS/c1-15(17-10-6-3-7-11-17)21-19(25)14-26-20-22-18(23-24-20)13-12-16-8-4-2-5-9-16/h2-13,15H,14H2,1H3,(H,21,25)(H,22,23,24)/b13-12+. The zero-order chi connectivity index (χ0) is 18.2. The number of nitrogens with zero attached hydrogens (tertiary/aromatic N) is 2. The minimum absolute atomic E-state index is 0.0270. The molecule has 0 fully saturated rings. The fraction of sp³-hybridized carbons (Fsp3) is 0.150. The summed E-state index contributed by atoms with van der Waals surface area (Å²) in [5.74, 6) is 0.892. The van der Waals surface area contributed by atoms with Crippen LogP contribution in [0.3, 0.4) is 0 Å². The summed E-state index contributed by atoms with van der Waals surface area (Å²) in [5, 5.41) is 10.5. The van der Waals surface area contributed by atoms with Crippen LogP contribution in [0.2, 0.25) is 0 Å². The van der Waals surface area contributed by atoms with Crippen LogP contribution < -0.4 is 5.32 Å². The SMILES string of the molecule is CC(NC(=O)CSc1n[nH]c(/C=C/c2ccccc2)n1)c1ccccc1. The summed E-state index contributed by atoms with van der Waals surface area (Å²) >= 11 is 1.31. The van der Waals surface area contributed by atoms with E-state index in [1.165, 1.54) is 11.8 Å². The van der Waals surface area contributed by atoms with Crippen LogP contribution >= 0.6 is 11.8 Å². The van der Waals surface area contributed by atoms with Gasteiger partial charge in [0.25, 0.3) is 0 Å². The van der Waals surface area contributed by atoms with E-state index in [2.05, 4.69) is 20.5 Å². The lowest BCUT2D eigenvalue weighted by molar-refractivity contribution is -0.119. The van der Waals surface area contributed by atoms with E-state index in [1.54, 1.807) is 0 Å². The number of thioether (sulfide) groups is 1. The smallest absolute Gasteiger partial charge is 0.230 e. The molecule has 2 aromatic carbocycles. The van der Waals surface area contributed by atoms with E-state index >= 15 is 0 Å². The molecule has 0 saturated heterocycles. The van der Waals surface area contributed by atoms with Gasteiger partial charge in [-0.05, 0) is 24.1 Å². The first-order valence-corrected chi connectivity index (χ1v) is 9.32. The van der Waals surface area contributed by atoms with E-state index in [-0.39, 0.29) is 17.7 Å². The Morgan fingerprint density at radius 2 is 1.81 bits per heavy atom. The molecule has 0 spiro atoms. The number of aromatic amines is 1. The van der Waals surface area contributed by atoms with Gasteiger partial charge in [-0.2, -0.15) is 0 Å². The van der Waals surface area contributed by atoms with Gasteiger partial charge in [0.1, 0.15) is 5.82 Å². The third kappa shape index (κ3) is 5.32. The van der Waals surface area contributed by atoms with E-state index < -0.39 is 0 Å². The first-order chi connectivity index (χ1) is 12.7. The maximum Gasteiger partial charge on any atom is 0.230 e. The molecule has 132 valence electrons. The molecule has 1 aromatic heterocycles. The molecular weight excluding hydrogens is 344 g/mol. The molecule has 6 heteroatoms. The Bertz CT molecular complexity index is 862. The molecule has 5 nitrogen and oxygen atoms in total. The van der Waals surface area contributed by atoms with Gasteiger partial charge in [-0.15, -0.1) is 5.10 Å². The summed E-state index contributed by atoms with van der Waals surface area (Å²) in [7, 11) is 0. The van der Waals surface area contributed by atoms with Crippen molar-refractivity contribution in [3.05, 3.63) is 77.6 Å². The summed E-state index contributed by atoms with van der Waals surface area (Å²) in [5.41, 5.74) is 2.17. The van der Waals surface area contributed by atoms with Gasteiger partial charge in [-0.3, -0.25) is 9.89 Å².